The van der Waals surface area contributed by atoms with E-state index in [2.05, 4.69) is 5.32 Å². The molecule has 2 aromatic carbocycles. The third kappa shape index (κ3) is 3.98. The lowest BCUT2D eigenvalue weighted by molar-refractivity contribution is -0.137. The molecule has 0 aliphatic carbocycles. The Morgan fingerprint density at radius 3 is 2.43 bits per heavy atom. The van der Waals surface area contributed by atoms with Crippen molar-refractivity contribution < 1.29 is 13.2 Å². The number of alkyl halides is 3. The van der Waals surface area contributed by atoms with Crippen LogP contribution in [0.4, 0.5) is 18.9 Å². The van der Waals surface area contributed by atoms with E-state index < -0.39 is 11.7 Å². The van der Waals surface area contributed by atoms with E-state index in [1.54, 1.807) is 6.07 Å². The first-order chi connectivity index (χ1) is 9.90. The maximum atomic E-state index is 12.8. The zero-order valence-corrected chi connectivity index (χ0v) is 11.6. The Kier molecular flexibility index (Phi) is 4.53. The highest BCUT2D eigenvalue weighted by Gasteiger charge is 2.30. The Hall–Kier alpha value is -2.01. The van der Waals surface area contributed by atoms with E-state index in [9.17, 15) is 13.2 Å². The zero-order valence-electron chi connectivity index (χ0n) is 11.6. The van der Waals surface area contributed by atoms with E-state index >= 15 is 0 Å². The molecule has 2 rings (SSSR count). The maximum Gasteiger partial charge on any atom is 0.416 e. The average molecular weight is 294 g/mol. The summed E-state index contributed by atoms with van der Waals surface area (Å²) in [6.07, 6.45) is -4.35. The van der Waals surface area contributed by atoms with E-state index in [0.29, 0.717) is 5.56 Å². The van der Waals surface area contributed by atoms with Crippen LogP contribution in [-0.4, -0.2) is 6.54 Å². The topological polar surface area (TPSA) is 38.0 Å². The van der Waals surface area contributed by atoms with Crippen molar-refractivity contribution in [1.82, 2.24) is 0 Å². The molecule has 0 radical (unpaired) electrons. The Morgan fingerprint density at radius 2 is 1.81 bits per heavy atom. The second-order valence-corrected chi connectivity index (χ2v) is 4.93. The van der Waals surface area contributed by atoms with Crippen LogP contribution < -0.4 is 11.1 Å². The first-order valence-electron chi connectivity index (χ1n) is 6.60. The maximum absolute atomic E-state index is 12.8. The van der Waals surface area contributed by atoms with Crippen LogP contribution in [0.5, 0.6) is 0 Å². The number of benzene rings is 2. The molecule has 0 aliphatic rings. The number of halogens is 3. The van der Waals surface area contributed by atoms with Crippen molar-refractivity contribution in [2.24, 2.45) is 5.73 Å². The Labute approximate surface area is 121 Å². The number of aryl methyl sites for hydroxylation is 1. The molecule has 0 saturated heterocycles. The average Bonchev–Trinajstić information content (AvgIpc) is 2.44. The van der Waals surface area contributed by atoms with Gasteiger partial charge in [-0.25, -0.2) is 0 Å². The highest BCUT2D eigenvalue weighted by Crippen LogP contribution is 2.31. The van der Waals surface area contributed by atoms with Gasteiger partial charge in [-0.2, -0.15) is 13.2 Å². The molecule has 5 heteroatoms. The lowest BCUT2D eigenvalue weighted by atomic mass is 10.0. The highest BCUT2D eigenvalue weighted by atomic mass is 19.4. The number of anilines is 1. The van der Waals surface area contributed by atoms with Crippen LogP contribution in [0.1, 0.15) is 22.7 Å². The molecule has 0 heterocycles. The Balaban J connectivity index is 2.25. The van der Waals surface area contributed by atoms with Gasteiger partial charge in [-0.15, -0.1) is 0 Å². The van der Waals surface area contributed by atoms with Gasteiger partial charge in [0.05, 0.1) is 11.6 Å². The largest absolute Gasteiger partial charge is 0.416 e. The van der Waals surface area contributed by atoms with Gasteiger partial charge in [0.1, 0.15) is 0 Å². The monoisotopic (exact) mass is 294 g/mol. The second-order valence-electron chi connectivity index (χ2n) is 4.93. The summed E-state index contributed by atoms with van der Waals surface area (Å²) in [4.78, 5) is 0. The molecule has 0 fully saturated rings. The van der Waals surface area contributed by atoms with Crippen molar-refractivity contribution in [1.29, 1.82) is 0 Å². The van der Waals surface area contributed by atoms with Crippen LogP contribution >= 0.6 is 0 Å². The molecule has 0 saturated carbocycles. The van der Waals surface area contributed by atoms with Gasteiger partial charge >= 0.3 is 6.18 Å². The summed E-state index contributed by atoms with van der Waals surface area (Å²) in [6, 6.07) is 12.5. The third-order valence-electron chi connectivity index (χ3n) is 3.21. The summed E-state index contributed by atoms with van der Waals surface area (Å²) in [7, 11) is 0. The summed E-state index contributed by atoms with van der Waals surface area (Å²) >= 11 is 0. The summed E-state index contributed by atoms with van der Waals surface area (Å²) in [5.74, 6) is 0. The molecular formula is C16H17F3N2. The fraction of sp³-hybridized carbons (Fsp3) is 0.250. The summed E-state index contributed by atoms with van der Waals surface area (Å²) < 4.78 is 38.3. The minimum Gasteiger partial charge on any atom is -0.377 e. The van der Waals surface area contributed by atoms with Crippen molar-refractivity contribution >= 4 is 5.69 Å². The van der Waals surface area contributed by atoms with Crippen LogP contribution in [0.3, 0.4) is 0 Å². The number of nitrogens with two attached hydrogens (primary N) is 1. The second kappa shape index (κ2) is 6.18. The van der Waals surface area contributed by atoms with Crippen molar-refractivity contribution in [2.75, 3.05) is 11.9 Å². The molecule has 2 aromatic rings. The fourth-order valence-electron chi connectivity index (χ4n) is 2.15. The van der Waals surface area contributed by atoms with Crippen molar-refractivity contribution in [3.05, 3.63) is 65.2 Å². The van der Waals surface area contributed by atoms with Gasteiger partial charge in [0.25, 0.3) is 0 Å². The van der Waals surface area contributed by atoms with E-state index in [0.717, 1.165) is 23.4 Å². The zero-order chi connectivity index (χ0) is 15.5. The van der Waals surface area contributed by atoms with Gasteiger partial charge in [-0.3, -0.25) is 0 Å². The number of rotatable bonds is 4. The normalized spacial score (nSPS) is 13.0. The smallest absolute Gasteiger partial charge is 0.377 e. The molecule has 1 unspecified atom stereocenters. The van der Waals surface area contributed by atoms with E-state index in [-0.39, 0.29) is 12.6 Å². The predicted octanol–water partition coefficient (Wildman–Crippen LogP) is 4.13. The molecule has 2 nitrogen and oxygen atoms in total. The first-order valence-corrected chi connectivity index (χ1v) is 6.60. The number of nitrogens with one attached hydrogen (secondary N) is 1. The molecule has 0 bridgehead atoms. The molecule has 0 spiro atoms. The SMILES string of the molecule is Cc1cccc(NC(CN)c2cccc(C(F)(F)F)c2)c1. The van der Waals surface area contributed by atoms with Crippen molar-refractivity contribution in [2.45, 2.75) is 19.1 Å². The van der Waals surface area contributed by atoms with Gasteiger partial charge in [0.2, 0.25) is 0 Å². The quantitative estimate of drug-likeness (QED) is 0.890. The minimum absolute atomic E-state index is 0.204. The fourth-order valence-corrected chi connectivity index (χ4v) is 2.15. The molecule has 0 amide bonds. The molecule has 1 atom stereocenters. The minimum atomic E-state index is -4.35. The van der Waals surface area contributed by atoms with Crippen LogP contribution in [0.15, 0.2) is 48.5 Å². The predicted molar refractivity (Wildman–Crippen MR) is 78.0 cm³/mol. The first kappa shape index (κ1) is 15.4. The van der Waals surface area contributed by atoms with Gasteiger partial charge in [-0.1, -0.05) is 24.3 Å². The molecule has 112 valence electrons. The molecule has 0 aliphatic heterocycles. The lowest BCUT2D eigenvalue weighted by Crippen LogP contribution is -2.21. The van der Waals surface area contributed by atoms with Crippen molar-refractivity contribution in [3.8, 4) is 0 Å². The molecule has 21 heavy (non-hydrogen) atoms. The van der Waals surface area contributed by atoms with Gasteiger partial charge in [-0.05, 0) is 42.3 Å². The van der Waals surface area contributed by atoms with E-state index in [1.807, 2.05) is 31.2 Å². The lowest BCUT2D eigenvalue weighted by Gasteiger charge is -2.20. The summed E-state index contributed by atoms with van der Waals surface area (Å²) in [6.45, 7) is 2.15. The molecule has 3 N–H and O–H groups in total. The van der Waals surface area contributed by atoms with Crippen LogP contribution in [-0.2, 0) is 6.18 Å². The van der Waals surface area contributed by atoms with E-state index in [4.69, 9.17) is 5.73 Å². The highest BCUT2D eigenvalue weighted by molar-refractivity contribution is 5.48. The third-order valence-corrected chi connectivity index (χ3v) is 3.21. The van der Waals surface area contributed by atoms with E-state index in [1.165, 1.54) is 6.07 Å². The van der Waals surface area contributed by atoms with Gasteiger partial charge < -0.3 is 11.1 Å². The van der Waals surface area contributed by atoms with Crippen LogP contribution in [0.25, 0.3) is 0 Å². The van der Waals surface area contributed by atoms with Gasteiger partial charge in [0, 0.05) is 12.2 Å². The molecular weight excluding hydrogens is 277 g/mol. The molecule has 0 aromatic heterocycles. The van der Waals surface area contributed by atoms with Gasteiger partial charge in [0.15, 0.2) is 0 Å². The Morgan fingerprint density at radius 1 is 1.10 bits per heavy atom. The van der Waals surface area contributed by atoms with Crippen molar-refractivity contribution in [3.63, 3.8) is 0 Å². The summed E-state index contributed by atoms with van der Waals surface area (Å²) in [5, 5.41) is 3.17. The van der Waals surface area contributed by atoms with Crippen LogP contribution in [0, 0.1) is 6.92 Å². The van der Waals surface area contributed by atoms with Crippen LogP contribution in [0.2, 0.25) is 0 Å². The Bertz CT molecular complexity index is 608. The summed E-state index contributed by atoms with van der Waals surface area (Å²) in [5.41, 5.74) is 7.47. The number of hydrogen-bond acceptors (Lipinski definition) is 2. The number of hydrogen-bond donors (Lipinski definition) is 2. The standard InChI is InChI=1S/C16H17F3N2/c1-11-4-2-7-14(8-11)21-15(10-20)12-5-3-6-13(9-12)16(17,18)19/h2-9,15,21H,10,20H2,1H3.